The molecule has 82 valence electrons. The summed E-state index contributed by atoms with van der Waals surface area (Å²) in [4.78, 5) is 28.2. The van der Waals surface area contributed by atoms with E-state index < -0.39 is 4.92 Å². The standard InChI is InChI=1S/C10H9N3O3/c1-5-3-7-8(4-9(5)13(15)16)11-6(2)10(14)12-7/h3-4H,1-2H3,(H,12,14). The molecule has 0 aliphatic carbocycles. The molecule has 6 nitrogen and oxygen atoms in total. The second-order valence-electron chi connectivity index (χ2n) is 3.56. The normalized spacial score (nSPS) is 10.6. The predicted molar refractivity (Wildman–Crippen MR) is 58.5 cm³/mol. The Hall–Kier alpha value is -2.24. The van der Waals surface area contributed by atoms with Crippen LogP contribution in [0.5, 0.6) is 0 Å². The number of hydrogen-bond donors (Lipinski definition) is 1. The van der Waals surface area contributed by atoms with Gasteiger partial charge in [0, 0.05) is 11.6 Å². The Morgan fingerprint density at radius 1 is 1.38 bits per heavy atom. The number of nitrogens with one attached hydrogen (secondary N) is 1. The monoisotopic (exact) mass is 219 g/mol. The Balaban J connectivity index is 2.85. The maximum atomic E-state index is 11.3. The molecule has 0 saturated heterocycles. The van der Waals surface area contributed by atoms with E-state index in [2.05, 4.69) is 9.97 Å². The Morgan fingerprint density at radius 3 is 2.69 bits per heavy atom. The molecule has 0 radical (unpaired) electrons. The van der Waals surface area contributed by atoms with E-state index in [1.54, 1.807) is 19.9 Å². The van der Waals surface area contributed by atoms with Crippen LogP contribution in [-0.4, -0.2) is 14.9 Å². The quantitative estimate of drug-likeness (QED) is 0.580. The zero-order valence-electron chi connectivity index (χ0n) is 8.77. The smallest absolute Gasteiger partial charge is 0.274 e. The van der Waals surface area contributed by atoms with Crippen molar-refractivity contribution in [3.63, 3.8) is 0 Å². The van der Waals surface area contributed by atoms with Crippen molar-refractivity contribution in [2.45, 2.75) is 13.8 Å². The number of nitrogens with zero attached hydrogens (tertiary/aromatic N) is 2. The van der Waals surface area contributed by atoms with Crippen LogP contribution >= 0.6 is 0 Å². The maximum Gasteiger partial charge on any atom is 0.274 e. The van der Waals surface area contributed by atoms with Crippen molar-refractivity contribution in [2.24, 2.45) is 0 Å². The molecule has 0 atom stereocenters. The molecule has 0 bridgehead atoms. The van der Waals surface area contributed by atoms with E-state index in [0.29, 0.717) is 22.3 Å². The van der Waals surface area contributed by atoms with Gasteiger partial charge < -0.3 is 4.98 Å². The summed E-state index contributed by atoms with van der Waals surface area (Å²) in [7, 11) is 0. The van der Waals surface area contributed by atoms with Crippen LogP contribution in [0.3, 0.4) is 0 Å². The number of rotatable bonds is 1. The summed E-state index contributed by atoms with van der Waals surface area (Å²) in [5.74, 6) is 0. The van der Waals surface area contributed by atoms with Crippen molar-refractivity contribution in [3.05, 3.63) is 43.9 Å². The summed E-state index contributed by atoms with van der Waals surface area (Å²) in [5.41, 5.74) is 1.46. The third-order valence-corrected chi connectivity index (χ3v) is 2.38. The molecule has 0 saturated carbocycles. The highest BCUT2D eigenvalue weighted by atomic mass is 16.6. The van der Waals surface area contributed by atoms with Crippen molar-refractivity contribution in [1.29, 1.82) is 0 Å². The fourth-order valence-corrected chi connectivity index (χ4v) is 1.52. The Labute approximate surface area is 90.1 Å². The molecular formula is C10H9N3O3. The van der Waals surface area contributed by atoms with Crippen molar-refractivity contribution >= 4 is 16.7 Å². The first-order valence-corrected chi connectivity index (χ1v) is 4.64. The SMILES string of the molecule is Cc1cc2[nH]c(=O)c(C)nc2cc1[N+](=O)[O-]. The van der Waals surface area contributed by atoms with Crippen LogP contribution < -0.4 is 5.56 Å². The van der Waals surface area contributed by atoms with Gasteiger partial charge in [-0.15, -0.1) is 0 Å². The van der Waals surface area contributed by atoms with Gasteiger partial charge in [-0.25, -0.2) is 4.98 Å². The highest BCUT2D eigenvalue weighted by Crippen LogP contribution is 2.22. The average molecular weight is 219 g/mol. The summed E-state index contributed by atoms with van der Waals surface area (Å²) in [5, 5.41) is 10.7. The first-order valence-electron chi connectivity index (χ1n) is 4.64. The van der Waals surface area contributed by atoms with Gasteiger partial charge in [-0.05, 0) is 19.9 Å². The lowest BCUT2D eigenvalue weighted by Gasteiger charge is -2.01. The van der Waals surface area contributed by atoms with Gasteiger partial charge in [-0.3, -0.25) is 14.9 Å². The zero-order chi connectivity index (χ0) is 11.9. The first kappa shape index (κ1) is 10.3. The van der Waals surface area contributed by atoms with Gasteiger partial charge in [0.05, 0.1) is 16.0 Å². The summed E-state index contributed by atoms with van der Waals surface area (Å²) >= 11 is 0. The molecule has 1 N–H and O–H groups in total. The van der Waals surface area contributed by atoms with Gasteiger partial charge in [0.2, 0.25) is 0 Å². The second-order valence-corrected chi connectivity index (χ2v) is 3.56. The van der Waals surface area contributed by atoms with Gasteiger partial charge in [0.25, 0.3) is 11.2 Å². The van der Waals surface area contributed by atoms with E-state index >= 15 is 0 Å². The molecule has 0 aliphatic rings. The molecule has 2 rings (SSSR count). The van der Waals surface area contributed by atoms with E-state index in [1.165, 1.54) is 6.07 Å². The third kappa shape index (κ3) is 1.54. The maximum absolute atomic E-state index is 11.3. The van der Waals surface area contributed by atoms with Gasteiger partial charge in [0.15, 0.2) is 0 Å². The largest absolute Gasteiger partial charge is 0.319 e. The minimum Gasteiger partial charge on any atom is -0.319 e. The van der Waals surface area contributed by atoms with Crippen molar-refractivity contribution in [2.75, 3.05) is 0 Å². The summed E-state index contributed by atoms with van der Waals surface area (Å²) in [6.45, 7) is 3.18. The van der Waals surface area contributed by atoms with E-state index in [0.717, 1.165) is 0 Å². The van der Waals surface area contributed by atoms with E-state index in [-0.39, 0.29) is 11.2 Å². The van der Waals surface area contributed by atoms with Gasteiger partial charge in [-0.1, -0.05) is 0 Å². The Kier molecular flexibility index (Phi) is 2.19. The minimum atomic E-state index is -0.461. The van der Waals surface area contributed by atoms with Crippen LogP contribution in [0.4, 0.5) is 5.69 Å². The third-order valence-electron chi connectivity index (χ3n) is 2.38. The first-order chi connectivity index (χ1) is 7.49. The van der Waals surface area contributed by atoms with Crippen molar-refractivity contribution in [1.82, 2.24) is 9.97 Å². The van der Waals surface area contributed by atoms with Crippen LogP contribution in [0, 0.1) is 24.0 Å². The summed E-state index contributed by atoms with van der Waals surface area (Å²) in [6.07, 6.45) is 0. The predicted octanol–water partition coefficient (Wildman–Crippen LogP) is 1.45. The number of nitro benzene ring substituents is 1. The lowest BCUT2D eigenvalue weighted by molar-refractivity contribution is -0.385. The van der Waals surface area contributed by atoms with Crippen LogP contribution in [0.2, 0.25) is 0 Å². The number of hydrogen-bond acceptors (Lipinski definition) is 4. The molecular weight excluding hydrogens is 210 g/mol. The fourth-order valence-electron chi connectivity index (χ4n) is 1.52. The number of nitro groups is 1. The van der Waals surface area contributed by atoms with Crippen molar-refractivity contribution in [3.8, 4) is 0 Å². The van der Waals surface area contributed by atoms with Crippen LogP contribution in [-0.2, 0) is 0 Å². The number of benzene rings is 1. The lowest BCUT2D eigenvalue weighted by atomic mass is 10.1. The highest BCUT2D eigenvalue weighted by Gasteiger charge is 2.13. The average Bonchev–Trinajstić information content (AvgIpc) is 2.19. The fraction of sp³-hybridized carbons (Fsp3) is 0.200. The lowest BCUT2D eigenvalue weighted by Crippen LogP contribution is -2.11. The number of fused-ring (bicyclic) bond motifs is 1. The van der Waals surface area contributed by atoms with E-state index in [9.17, 15) is 14.9 Å². The molecule has 16 heavy (non-hydrogen) atoms. The van der Waals surface area contributed by atoms with Crippen molar-refractivity contribution < 1.29 is 4.92 Å². The molecule has 0 amide bonds. The van der Waals surface area contributed by atoms with Gasteiger partial charge in [-0.2, -0.15) is 0 Å². The van der Waals surface area contributed by atoms with Gasteiger partial charge >= 0.3 is 0 Å². The molecule has 6 heteroatoms. The molecule has 0 aliphatic heterocycles. The van der Waals surface area contributed by atoms with E-state index in [1.807, 2.05) is 0 Å². The summed E-state index contributed by atoms with van der Waals surface area (Å²) < 4.78 is 0. The summed E-state index contributed by atoms with van der Waals surface area (Å²) in [6, 6.07) is 2.93. The molecule has 0 fully saturated rings. The number of aryl methyl sites for hydroxylation is 2. The molecule has 2 aromatic rings. The number of aromatic amines is 1. The van der Waals surface area contributed by atoms with E-state index in [4.69, 9.17) is 0 Å². The Morgan fingerprint density at radius 2 is 2.06 bits per heavy atom. The molecule has 1 aromatic heterocycles. The number of H-pyrrole nitrogens is 1. The second kappa shape index (κ2) is 3.41. The molecule has 1 heterocycles. The van der Waals surface area contributed by atoms with Crippen LogP contribution in [0.15, 0.2) is 16.9 Å². The molecule has 1 aromatic carbocycles. The Bertz CT molecular complexity index is 646. The number of aromatic nitrogens is 2. The van der Waals surface area contributed by atoms with Crippen LogP contribution in [0.25, 0.3) is 11.0 Å². The topological polar surface area (TPSA) is 88.9 Å². The van der Waals surface area contributed by atoms with Gasteiger partial charge in [0.1, 0.15) is 5.69 Å². The highest BCUT2D eigenvalue weighted by molar-refractivity contribution is 5.78. The molecule has 0 unspecified atom stereocenters. The zero-order valence-corrected chi connectivity index (χ0v) is 8.77. The molecule has 0 spiro atoms. The minimum absolute atomic E-state index is 0.00597. The van der Waals surface area contributed by atoms with Crippen LogP contribution in [0.1, 0.15) is 11.3 Å².